The lowest BCUT2D eigenvalue weighted by atomic mass is 9.89. The second kappa shape index (κ2) is 3.93. The first-order valence-electron chi connectivity index (χ1n) is 6.62. The molecular weight excluding hydrogens is 252 g/mol. The second-order valence-corrected chi connectivity index (χ2v) is 5.09. The predicted molar refractivity (Wildman–Crippen MR) is 77.8 cm³/mol. The van der Waals surface area contributed by atoms with Crippen molar-refractivity contribution in [3.8, 4) is 11.3 Å². The molecule has 0 saturated heterocycles. The number of fused-ring (bicyclic) bond motifs is 5. The fourth-order valence-electron chi connectivity index (χ4n) is 3.17. The maximum atomic E-state index is 11.2. The van der Waals surface area contributed by atoms with Crippen LogP contribution in [-0.2, 0) is 12.8 Å². The molecular formula is C16H12N2O2. The van der Waals surface area contributed by atoms with Crippen LogP contribution < -0.4 is 0 Å². The minimum absolute atomic E-state index is 0.194. The van der Waals surface area contributed by atoms with Gasteiger partial charge in [-0.25, -0.2) is 0 Å². The van der Waals surface area contributed by atoms with Gasteiger partial charge in [0.1, 0.15) is 0 Å². The first-order valence-corrected chi connectivity index (χ1v) is 6.62. The summed E-state index contributed by atoms with van der Waals surface area (Å²) in [5, 5.41) is 12.0. The van der Waals surface area contributed by atoms with Gasteiger partial charge in [-0.05, 0) is 30.0 Å². The number of nitrogens with zero attached hydrogens (tertiary/aromatic N) is 1. The lowest BCUT2D eigenvalue weighted by molar-refractivity contribution is -0.383. The lowest BCUT2D eigenvalue weighted by Crippen LogP contribution is -2.02. The third-order valence-electron chi connectivity index (χ3n) is 4.03. The van der Waals surface area contributed by atoms with Crippen molar-refractivity contribution < 1.29 is 4.92 Å². The molecule has 0 saturated carbocycles. The van der Waals surface area contributed by atoms with Gasteiger partial charge in [0.2, 0.25) is 0 Å². The zero-order chi connectivity index (χ0) is 13.7. The van der Waals surface area contributed by atoms with Crippen LogP contribution in [0.25, 0.3) is 22.2 Å². The molecule has 0 atom stereocenters. The summed E-state index contributed by atoms with van der Waals surface area (Å²) in [6.07, 6.45) is 1.78. The number of aromatic amines is 1. The maximum absolute atomic E-state index is 11.2. The molecule has 0 bridgehead atoms. The van der Waals surface area contributed by atoms with Gasteiger partial charge in [0.15, 0.2) is 0 Å². The average Bonchev–Trinajstić information content (AvgIpc) is 2.86. The van der Waals surface area contributed by atoms with Crippen molar-refractivity contribution in [1.29, 1.82) is 0 Å². The summed E-state index contributed by atoms with van der Waals surface area (Å²) in [6, 6.07) is 13.5. The second-order valence-electron chi connectivity index (χ2n) is 5.09. The van der Waals surface area contributed by atoms with E-state index in [-0.39, 0.29) is 10.6 Å². The summed E-state index contributed by atoms with van der Waals surface area (Å²) in [5.74, 6) is 0. The Labute approximate surface area is 115 Å². The number of H-pyrrole nitrogens is 1. The van der Waals surface area contributed by atoms with E-state index in [1.807, 2.05) is 18.2 Å². The van der Waals surface area contributed by atoms with Crippen molar-refractivity contribution in [2.75, 3.05) is 0 Å². The lowest BCUT2D eigenvalue weighted by Gasteiger charge is -2.16. The number of hydrogen-bond donors (Lipinski definition) is 1. The SMILES string of the molecule is O=[N+]([O-])c1cccc2[nH]c3c(c12)CCc1ccccc1-3. The molecule has 0 aliphatic heterocycles. The van der Waals surface area contributed by atoms with Gasteiger partial charge in [0.25, 0.3) is 5.69 Å². The smallest absolute Gasteiger partial charge is 0.279 e. The molecule has 4 rings (SSSR count). The van der Waals surface area contributed by atoms with Crippen LogP contribution in [0.4, 0.5) is 5.69 Å². The molecule has 0 unspecified atom stereocenters. The molecule has 1 N–H and O–H groups in total. The first kappa shape index (κ1) is 11.2. The Morgan fingerprint density at radius 2 is 1.90 bits per heavy atom. The minimum atomic E-state index is -0.295. The molecule has 4 nitrogen and oxygen atoms in total. The van der Waals surface area contributed by atoms with Crippen molar-refractivity contribution in [2.45, 2.75) is 12.8 Å². The Bertz CT molecular complexity index is 849. The normalized spacial score (nSPS) is 13.0. The molecule has 0 fully saturated rings. The van der Waals surface area contributed by atoms with Crippen molar-refractivity contribution in [2.24, 2.45) is 0 Å². The summed E-state index contributed by atoms with van der Waals surface area (Å²) in [7, 11) is 0. The Morgan fingerprint density at radius 3 is 2.75 bits per heavy atom. The van der Waals surface area contributed by atoms with Gasteiger partial charge in [0.05, 0.1) is 21.5 Å². The standard InChI is InChI=1S/C16H12N2O2/c19-18(20)14-7-3-6-13-15(14)12-9-8-10-4-1-2-5-11(10)16(12)17-13/h1-7,17H,8-9H2. The van der Waals surface area contributed by atoms with Crippen molar-refractivity contribution >= 4 is 16.6 Å². The van der Waals surface area contributed by atoms with Crippen LogP contribution in [0.3, 0.4) is 0 Å². The van der Waals surface area contributed by atoms with Crippen LogP contribution in [-0.4, -0.2) is 9.91 Å². The van der Waals surface area contributed by atoms with Crippen LogP contribution in [0.5, 0.6) is 0 Å². The zero-order valence-corrected chi connectivity index (χ0v) is 10.7. The maximum Gasteiger partial charge on any atom is 0.279 e. The molecule has 3 aromatic rings. The fraction of sp³-hybridized carbons (Fsp3) is 0.125. The van der Waals surface area contributed by atoms with Gasteiger partial charge in [-0.3, -0.25) is 10.1 Å². The number of benzene rings is 2. The van der Waals surface area contributed by atoms with Crippen LogP contribution in [0.15, 0.2) is 42.5 Å². The highest BCUT2D eigenvalue weighted by molar-refractivity contribution is 5.98. The van der Waals surface area contributed by atoms with E-state index in [0.29, 0.717) is 0 Å². The predicted octanol–water partition coefficient (Wildman–Crippen LogP) is 3.84. The van der Waals surface area contributed by atoms with Crippen LogP contribution in [0.1, 0.15) is 11.1 Å². The Morgan fingerprint density at radius 1 is 1.05 bits per heavy atom. The van der Waals surface area contributed by atoms with E-state index in [2.05, 4.69) is 17.1 Å². The van der Waals surface area contributed by atoms with E-state index in [9.17, 15) is 10.1 Å². The topological polar surface area (TPSA) is 58.9 Å². The number of nitro benzene ring substituents is 1. The highest BCUT2D eigenvalue weighted by Gasteiger charge is 2.24. The quantitative estimate of drug-likeness (QED) is 0.536. The van der Waals surface area contributed by atoms with E-state index in [4.69, 9.17) is 0 Å². The van der Waals surface area contributed by atoms with Crippen molar-refractivity contribution in [1.82, 2.24) is 4.98 Å². The number of aromatic nitrogens is 1. The van der Waals surface area contributed by atoms with E-state index in [1.54, 1.807) is 12.1 Å². The van der Waals surface area contributed by atoms with Gasteiger partial charge in [-0.1, -0.05) is 30.3 Å². The largest absolute Gasteiger partial charge is 0.354 e. The molecule has 20 heavy (non-hydrogen) atoms. The number of non-ortho nitro benzene ring substituents is 1. The highest BCUT2D eigenvalue weighted by Crippen LogP contribution is 2.40. The molecule has 4 heteroatoms. The van der Waals surface area contributed by atoms with Gasteiger partial charge in [-0.2, -0.15) is 0 Å². The number of aryl methyl sites for hydroxylation is 2. The van der Waals surface area contributed by atoms with Gasteiger partial charge in [-0.15, -0.1) is 0 Å². The number of rotatable bonds is 1. The van der Waals surface area contributed by atoms with Crippen molar-refractivity contribution in [3.05, 3.63) is 63.7 Å². The summed E-state index contributed by atoms with van der Waals surface area (Å²) in [6.45, 7) is 0. The van der Waals surface area contributed by atoms with Crippen LogP contribution in [0.2, 0.25) is 0 Å². The van der Waals surface area contributed by atoms with Gasteiger partial charge in [0, 0.05) is 11.6 Å². The van der Waals surface area contributed by atoms with Crippen LogP contribution in [0, 0.1) is 10.1 Å². The fourth-order valence-corrected chi connectivity index (χ4v) is 3.17. The molecule has 98 valence electrons. The number of nitro groups is 1. The average molecular weight is 264 g/mol. The third-order valence-corrected chi connectivity index (χ3v) is 4.03. The van der Waals surface area contributed by atoms with E-state index in [0.717, 1.165) is 35.0 Å². The summed E-state index contributed by atoms with van der Waals surface area (Å²) >= 11 is 0. The van der Waals surface area contributed by atoms with Crippen LogP contribution >= 0.6 is 0 Å². The Balaban J connectivity index is 2.10. The molecule has 1 aliphatic carbocycles. The third kappa shape index (κ3) is 1.42. The molecule has 0 radical (unpaired) electrons. The summed E-state index contributed by atoms with van der Waals surface area (Å²) in [4.78, 5) is 14.3. The monoisotopic (exact) mass is 264 g/mol. The zero-order valence-electron chi connectivity index (χ0n) is 10.7. The highest BCUT2D eigenvalue weighted by atomic mass is 16.6. The van der Waals surface area contributed by atoms with E-state index in [1.165, 1.54) is 11.1 Å². The molecule has 1 aromatic heterocycles. The Kier molecular flexibility index (Phi) is 2.21. The first-order chi connectivity index (χ1) is 9.75. The summed E-state index contributed by atoms with van der Waals surface area (Å²) in [5.41, 5.74) is 5.62. The molecule has 0 amide bonds. The summed E-state index contributed by atoms with van der Waals surface area (Å²) < 4.78 is 0. The minimum Gasteiger partial charge on any atom is -0.354 e. The number of hydrogen-bond acceptors (Lipinski definition) is 2. The molecule has 0 spiro atoms. The number of nitrogens with one attached hydrogen (secondary N) is 1. The van der Waals surface area contributed by atoms with Crippen molar-refractivity contribution in [3.63, 3.8) is 0 Å². The molecule has 1 heterocycles. The van der Waals surface area contributed by atoms with E-state index < -0.39 is 0 Å². The van der Waals surface area contributed by atoms with E-state index >= 15 is 0 Å². The van der Waals surface area contributed by atoms with Gasteiger partial charge >= 0.3 is 0 Å². The van der Waals surface area contributed by atoms with Gasteiger partial charge < -0.3 is 4.98 Å². The molecule has 2 aromatic carbocycles. The Hall–Kier alpha value is -2.62. The molecule has 1 aliphatic rings.